The topological polar surface area (TPSA) is 103 Å². The molecule has 114 valence electrons. The third-order valence-electron chi connectivity index (χ3n) is 3.00. The minimum Gasteiger partial charge on any atom is -0.398 e. The Hall–Kier alpha value is -2.00. The first kappa shape index (κ1) is 15.4. The van der Waals surface area contributed by atoms with Crippen molar-refractivity contribution in [1.29, 1.82) is 0 Å². The van der Waals surface area contributed by atoms with Gasteiger partial charge < -0.3 is 5.73 Å². The Morgan fingerprint density at radius 3 is 2.81 bits per heavy atom. The maximum absolute atomic E-state index is 13.6. The van der Waals surface area contributed by atoms with Crippen LogP contribution in [-0.4, -0.2) is 30.0 Å². The summed E-state index contributed by atoms with van der Waals surface area (Å²) in [6, 6.07) is 2.21. The first-order valence-corrected chi connectivity index (χ1v) is 7.78. The van der Waals surface area contributed by atoms with Gasteiger partial charge in [-0.25, -0.2) is 17.5 Å². The number of nitrogens with two attached hydrogens (primary N) is 1. The number of anilines is 1. The smallest absolute Gasteiger partial charge is 0.240 e. The van der Waals surface area contributed by atoms with Gasteiger partial charge in [-0.15, -0.1) is 5.10 Å². The molecule has 0 spiro atoms. The molecule has 0 radical (unpaired) electrons. The molecule has 3 N–H and O–H groups in total. The molecule has 1 heterocycles. The molecule has 0 saturated carbocycles. The lowest BCUT2D eigenvalue weighted by Gasteiger charge is -2.09. The van der Waals surface area contributed by atoms with E-state index in [9.17, 15) is 12.8 Å². The van der Waals surface area contributed by atoms with Crippen molar-refractivity contribution in [3.05, 3.63) is 35.9 Å². The van der Waals surface area contributed by atoms with Gasteiger partial charge in [0.05, 0.1) is 11.1 Å². The predicted octanol–water partition coefficient (Wildman–Crippen LogP) is 0.676. The molecular formula is C12H16FN5O2S. The number of halogens is 1. The number of aryl methyl sites for hydroxylation is 1. The number of nitrogen functional groups attached to an aromatic ring is 1. The minimum atomic E-state index is -3.78. The highest BCUT2D eigenvalue weighted by molar-refractivity contribution is 7.89. The van der Waals surface area contributed by atoms with E-state index < -0.39 is 15.8 Å². The summed E-state index contributed by atoms with van der Waals surface area (Å²) in [5.41, 5.74) is 5.93. The van der Waals surface area contributed by atoms with Gasteiger partial charge in [0.25, 0.3) is 0 Å². The van der Waals surface area contributed by atoms with Gasteiger partial charge in [0.2, 0.25) is 10.0 Å². The fraction of sp³-hybridized carbons (Fsp3) is 0.333. The van der Waals surface area contributed by atoms with Gasteiger partial charge in [0.15, 0.2) is 0 Å². The second kappa shape index (κ2) is 6.19. The SMILES string of the molecule is Cc1c(N)cc(S(=O)(=O)NCCCn2ccnn2)cc1F. The molecule has 0 amide bonds. The second-order valence-corrected chi connectivity index (χ2v) is 6.30. The highest BCUT2D eigenvalue weighted by atomic mass is 32.2. The average molecular weight is 313 g/mol. The van der Waals surface area contributed by atoms with E-state index in [1.54, 1.807) is 17.1 Å². The summed E-state index contributed by atoms with van der Waals surface area (Å²) < 4.78 is 41.6. The predicted molar refractivity (Wildman–Crippen MR) is 75.4 cm³/mol. The van der Waals surface area contributed by atoms with Crippen molar-refractivity contribution < 1.29 is 12.8 Å². The molecule has 2 rings (SSSR count). The fourth-order valence-electron chi connectivity index (χ4n) is 1.71. The molecule has 0 aliphatic carbocycles. The summed E-state index contributed by atoms with van der Waals surface area (Å²) in [4.78, 5) is -0.177. The second-order valence-electron chi connectivity index (χ2n) is 4.54. The Morgan fingerprint density at radius 1 is 1.43 bits per heavy atom. The Labute approximate surface area is 122 Å². The number of rotatable bonds is 6. The number of benzene rings is 1. The lowest BCUT2D eigenvalue weighted by Crippen LogP contribution is -2.26. The van der Waals surface area contributed by atoms with Crippen LogP contribution in [0.25, 0.3) is 0 Å². The number of hydrogen-bond donors (Lipinski definition) is 2. The zero-order valence-corrected chi connectivity index (χ0v) is 12.3. The Kier molecular flexibility index (Phi) is 4.53. The first-order valence-electron chi connectivity index (χ1n) is 6.29. The highest BCUT2D eigenvalue weighted by Crippen LogP contribution is 2.20. The molecule has 1 aromatic heterocycles. The molecule has 0 aliphatic heterocycles. The molecular weight excluding hydrogens is 297 g/mol. The maximum atomic E-state index is 13.6. The Morgan fingerprint density at radius 2 is 2.19 bits per heavy atom. The molecule has 7 nitrogen and oxygen atoms in total. The lowest BCUT2D eigenvalue weighted by atomic mass is 10.2. The number of nitrogens with one attached hydrogen (secondary N) is 1. The van der Waals surface area contributed by atoms with Crippen molar-refractivity contribution in [1.82, 2.24) is 19.7 Å². The van der Waals surface area contributed by atoms with E-state index in [-0.39, 0.29) is 22.7 Å². The summed E-state index contributed by atoms with van der Waals surface area (Å²) in [5.74, 6) is -0.641. The highest BCUT2D eigenvalue weighted by Gasteiger charge is 2.16. The number of aromatic nitrogens is 3. The summed E-state index contributed by atoms with van der Waals surface area (Å²) in [6.45, 7) is 2.23. The molecule has 9 heteroatoms. The van der Waals surface area contributed by atoms with E-state index in [2.05, 4.69) is 15.0 Å². The van der Waals surface area contributed by atoms with E-state index in [0.29, 0.717) is 13.0 Å². The normalized spacial score (nSPS) is 11.7. The first-order chi connectivity index (χ1) is 9.90. The monoisotopic (exact) mass is 313 g/mol. The lowest BCUT2D eigenvalue weighted by molar-refractivity contribution is 0.541. The van der Waals surface area contributed by atoms with Crippen LogP contribution >= 0.6 is 0 Å². The van der Waals surface area contributed by atoms with Gasteiger partial charge >= 0.3 is 0 Å². The van der Waals surface area contributed by atoms with Gasteiger partial charge in [-0.2, -0.15) is 0 Å². The van der Waals surface area contributed by atoms with Crippen LogP contribution in [-0.2, 0) is 16.6 Å². The van der Waals surface area contributed by atoms with Crippen LogP contribution in [0.4, 0.5) is 10.1 Å². The van der Waals surface area contributed by atoms with E-state index in [4.69, 9.17) is 5.73 Å². The van der Waals surface area contributed by atoms with Crippen LogP contribution in [0.3, 0.4) is 0 Å². The van der Waals surface area contributed by atoms with E-state index in [0.717, 1.165) is 6.07 Å². The van der Waals surface area contributed by atoms with Crippen LogP contribution in [0.15, 0.2) is 29.4 Å². The zero-order valence-electron chi connectivity index (χ0n) is 11.5. The van der Waals surface area contributed by atoms with Crippen molar-refractivity contribution in [2.75, 3.05) is 12.3 Å². The molecule has 0 fully saturated rings. The van der Waals surface area contributed by atoms with Crippen LogP contribution in [0.5, 0.6) is 0 Å². The van der Waals surface area contributed by atoms with E-state index in [1.165, 1.54) is 13.0 Å². The van der Waals surface area contributed by atoms with Crippen molar-refractivity contribution in [2.24, 2.45) is 0 Å². The number of hydrogen-bond acceptors (Lipinski definition) is 5. The summed E-state index contributed by atoms with van der Waals surface area (Å²) in [5, 5.41) is 7.41. The minimum absolute atomic E-state index is 0.109. The third kappa shape index (κ3) is 3.76. The Balaban J connectivity index is 1.98. The molecule has 0 unspecified atom stereocenters. The van der Waals surface area contributed by atoms with Crippen molar-refractivity contribution in [3.63, 3.8) is 0 Å². The van der Waals surface area contributed by atoms with Gasteiger partial charge in [-0.1, -0.05) is 5.21 Å². The van der Waals surface area contributed by atoms with Crippen LogP contribution in [0, 0.1) is 12.7 Å². The van der Waals surface area contributed by atoms with Gasteiger partial charge in [0.1, 0.15) is 5.82 Å². The van der Waals surface area contributed by atoms with Crippen molar-refractivity contribution in [2.45, 2.75) is 24.8 Å². The van der Waals surface area contributed by atoms with Crippen LogP contribution in [0.2, 0.25) is 0 Å². The largest absolute Gasteiger partial charge is 0.398 e. The average Bonchev–Trinajstić information content (AvgIpc) is 2.93. The van der Waals surface area contributed by atoms with E-state index >= 15 is 0 Å². The molecule has 21 heavy (non-hydrogen) atoms. The third-order valence-corrected chi connectivity index (χ3v) is 4.44. The van der Waals surface area contributed by atoms with Crippen LogP contribution in [0.1, 0.15) is 12.0 Å². The van der Waals surface area contributed by atoms with Crippen LogP contribution < -0.4 is 10.5 Å². The standard InChI is InChI=1S/C12H16FN5O2S/c1-9-11(13)7-10(8-12(9)14)21(19,20)16-3-2-5-18-6-4-15-17-18/h4,6-8,16H,2-3,5,14H2,1H3. The van der Waals surface area contributed by atoms with Crippen molar-refractivity contribution >= 4 is 15.7 Å². The van der Waals surface area contributed by atoms with E-state index in [1.807, 2.05) is 0 Å². The molecule has 0 atom stereocenters. The fourth-order valence-corrected chi connectivity index (χ4v) is 2.83. The van der Waals surface area contributed by atoms with Gasteiger partial charge in [-0.3, -0.25) is 4.68 Å². The molecule has 1 aromatic carbocycles. The number of sulfonamides is 1. The molecule has 0 aliphatic rings. The maximum Gasteiger partial charge on any atom is 0.240 e. The molecule has 0 saturated heterocycles. The molecule has 2 aromatic rings. The summed E-state index contributed by atoms with van der Waals surface area (Å²) in [6.07, 6.45) is 3.76. The van der Waals surface area contributed by atoms with Gasteiger partial charge in [-0.05, 0) is 25.5 Å². The van der Waals surface area contributed by atoms with Crippen molar-refractivity contribution in [3.8, 4) is 0 Å². The Bertz CT molecular complexity index is 692. The quantitative estimate of drug-likeness (QED) is 0.603. The zero-order chi connectivity index (χ0) is 15.5. The summed E-state index contributed by atoms with van der Waals surface area (Å²) >= 11 is 0. The molecule has 0 bridgehead atoms. The summed E-state index contributed by atoms with van der Waals surface area (Å²) in [7, 11) is -3.78. The number of nitrogens with zero attached hydrogens (tertiary/aromatic N) is 3. The van der Waals surface area contributed by atoms with Gasteiger partial charge in [0, 0.05) is 30.5 Å².